The maximum Gasteiger partial charge on any atom is 0.324 e. The van der Waals surface area contributed by atoms with Crippen LogP contribution in [0.4, 0.5) is 23.2 Å². The SMILES string of the molecule is CCCNc1ccncc1C(=O)NCC(F)(F)C(F)F. The Hall–Kier alpha value is -1.86. The molecular formula is C12H15F4N3O. The van der Waals surface area contributed by atoms with E-state index in [1.165, 1.54) is 18.5 Å². The van der Waals surface area contributed by atoms with Crippen LogP contribution in [0.5, 0.6) is 0 Å². The molecule has 112 valence electrons. The lowest BCUT2D eigenvalue weighted by Gasteiger charge is -2.16. The molecule has 1 amide bonds. The average molecular weight is 293 g/mol. The van der Waals surface area contributed by atoms with Crippen molar-refractivity contribution >= 4 is 11.6 Å². The molecular weight excluding hydrogens is 278 g/mol. The minimum atomic E-state index is -4.26. The second-order valence-electron chi connectivity index (χ2n) is 4.09. The number of hydrogen-bond acceptors (Lipinski definition) is 3. The molecule has 2 N–H and O–H groups in total. The van der Waals surface area contributed by atoms with Crippen LogP contribution in [0.15, 0.2) is 18.5 Å². The first-order valence-corrected chi connectivity index (χ1v) is 6.00. The van der Waals surface area contributed by atoms with E-state index in [9.17, 15) is 22.4 Å². The number of hydrogen-bond donors (Lipinski definition) is 2. The summed E-state index contributed by atoms with van der Waals surface area (Å²) in [6, 6.07) is 1.51. The fraction of sp³-hybridized carbons (Fsp3) is 0.500. The molecule has 0 unspecified atom stereocenters. The Kier molecular flexibility index (Phi) is 5.72. The van der Waals surface area contributed by atoms with Gasteiger partial charge in [0.2, 0.25) is 0 Å². The first-order valence-electron chi connectivity index (χ1n) is 6.00. The van der Waals surface area contributed by atoms with Crippen LogP contribution < -0.4 is 10.6 Å². The Morgan fingerprint density at radius 2 is 2.15 bits per heavy atom. The van der Waals surface area contributed by atoms with E-state index in [4.69, 9.17) is 0 Å². The van der Waals surface area contributed by atoms with Crippen LogP contribution in [-0.4, -0.2) is 36.3 Å². The van der Waals surface area contributed by atoms with Gasteiger partial charge in [0.25, 0.3) is 5.91 Å². The average Bonchev–Trinajstić information content (AvgIpc) is 2.42. The minimum Gasteiger partial charge on any atom is -0.384 e. The van der Waals surface area contributed by atoms with Crippen molar-refractivity contribution in [1.82, 2.24) is 10.3 Å². The third kappa shape index (κ3) is 4.36. The van der Waals surface area contributed by atoms with Gasteiger partial charge in [-0.05, 0) is 12.5 Å². The number of anilines is 1. The van der Waals surface area contributed by atoms with Crippen LogP contribution in [0.1, 0.15) is 23.7 Å². The molecule has 4 nitrogen and oxygen atoms in total. The highest BCUT2D eigenvalue weighted by Gasteiger charge is 2.40. The molecule has 20 heavy (non-hydrogen) atoms. The molecule has 0 fully saturated rings. The fourth-order valence-electron chi connectivity index (χ4n) is 1.36. The standard InChI is InChI=1S/C12H15F4N3O/c1-2-4-18-9-3-5-17-6-8(9)10(20)19-7-12(15,16)11(13)14/h3,5-6,11H,2,4,7H2,1H3,(H,17,18)(H,19,20). The highest BCUT2D eigenvalue weighted by atomic mass is 19.3. The summed E-state index contributed by atoms with van der Waals surface area (Å²) in [5.41, 5.74) is 0.450. The van der Waals surface area contributed by atoms with Crippen molar-refractivity contribution in [3.8, 4) is 0 Å². The van der Waals surface area contributed by atoms with Crippen LogP contribution in [0, 0.1) is 0 Å². The molecule has 0 bridgehead atoms. The third-order valence-electron chi connectivity index (χ3n) is 2.44. The van der Waals surface area contributed by atoms with E-state index in [-0.39, 0.29) is 5.56 Å². The fourth-order valence-corrected chi connectivity index (χ4v) is 1.36. The zero-order valence-electron chi connectivity index (χ0n) is 10.8. The van der Waals surface area contributed by atoms with Crippen molar-refractivity contribution < 1.29 is 22.4 Å². The molecule has 8 heteroatoms. The predicted molar refractivity (Wildman–Crippen MR) is 66.3 cm³/mol. The molecule has 1 aromatic rings. The largest absolute Gasteiger partial charge is 0.384 e. The lowest BCUT2D eigenvalue weighted by Crippen LogP contribution is -2.41. The predicted octanol–water partition coefficient (Wildman–Crippen LogP) is 2.53. The molecule has 1 aromatic heterocycles. The van der Waals surface area contributed by atoms with Gasteiger partial charge in [-0.15, -0.1) is 0 Å². The van der Waals surface area contributed by atoms with E-state index in [1.54, 1.807) is 5.32 Å². The summed E-state index contributed by atoms with van der Waals surface area (Å²) >= 11 is 0. The van der Waals surface area contributed by atoms with Crippen molar-refractivity contribution in [2.45, 2.75) is 25.7 Å². The molecule has 0 atom stereocenters. The lowest BCUT2D eigenvalue weighted by molar-refractivity contribution is -0.123. The molecule has 0 aliphatic carbocycles. The maximum atomic E-state index is 12.7. The van der Waals surface area contributed by atoms with Crippen LogP contribution in [0.2, 0.25) is 0 Å². The van der Waals surface area contributed by atoms with E-state index in [1.807, 2.05) is 6.92 Å². The van der Waals surface area contributed by atoms with Gasteiger partial charge in [-0.1, -0.05) is 6.92 Å². The number of aromatic nitrogens is 1. The molecule has 0 radical (unpaired) electrons. The summed E-state index contributed by atoms with van der Waals surface area (Å²) in [5, 5.41) is 4.72. The van der Waals surface area contributed by atoms with Crippen LogP contribution in [0.25, 0.3) is 0 Å². The van der Waals surface area contributed by atoms with Gasteiger partial charge in [0.05, 0.1) is 17.8 Å². The minimum absolute atomic E-state index is 0.0333. The summed E-state index contributed by atoms with van der Waals surface area (Å²) in [4.78, 5) is 15.4. The lowest BCUT2D eigenvalue weighted by atomic mass is 10.2. The topological polar surface area (TPSA) is 54.0 Å². The highest BCUT2D eigenvalue weighted by Crippen LogP contribution is 2.22. The molecule has 1 rings (SSSR count). The number of pyridine rings is 1. The van der Waals surface area contributed by atoms with E-state index in [0.29, 0.717) is 12.2 Å². The first-order chi connectivity index (χ1) is 9.38. The Labute approximate surface area is 113 Å². The first kappa shape index (κ1) is 16.2. The summed E-state index contributed by atoms with van der Waals surface area (Å²) < 4.78 is 49.4. The van der Waals surface area contributed by atoms with Gasteiger partial charge >= 0.3 is 12.3 Å². The van der Waals surface area contributed by atoms with Crippen molar-refractivity contribution in [3.05, 3.63) is 24.0 Å². The van der Waals surface area contributed by atoms with E-state index < -0.39 is 24.8 Å². The molecule has 0 aliphatic heterocycles. The van der Waals surface area contributed by atoms with Crippen molar-refractivity contribution in [2.75, 3.05) is 18.4 Å². The van der Waals surface area contributed by atoms with Gasteiger partial charge in [0, 0.05) is 18.9 Å². The maximum absolute atomic E-state index is 12.7. The van der Waals surface area contributed by atoms with Gasteiger partial charge in [-0.2, -0.15) is 8.78 Å². The quantitative estimate of drug-likeness (QED) is 0.760. The Morgan fingerprint density at radius 3 is 2.75 bits per heavy atom. The monoisotopic (exact) mass is 293 g/mol. The number of carbonyl (C=O) groups is 1. The molecule has 0 saturated carbocycles. The van der Waals surface area contributed by atoms with Crippen LogP contribution in [0.3, 0.4) is 0 Å². The molecule has 0 saturated heterocycles. The van der Waals surface area contributed by atoms with Gasteiger partial charge in [-0.25, -0.2) is 8.78 Å². The van der Waals surface area contributed by atoms with Gasteiger partial charge in [-0.3, -0.25) is 9.78 Å². The zero-order chi connectivity index (χ0) is 15.2. The Balaban J connectivity index is 2.72. The summed E-state index contributed by atoms with van der Waals surface area (Å²) in [6.45, 7) is 1.07. The molecule has 0 aromatic carbocycles. The number of nitrogens with zero attached hydrogens (tertiary/aromatic N) is 1. The number of halogens is 4. The zero-order valence-corrected chi connectivity index (χ0v) is 10.8. The summed E-state index contributed by atoms with van der Waals surface area (Å²) in [7, 11) is 0. The number of rotatable bonds is 7. The number of amides is 1. The normalized spacial score (nSPS) is 11.5. The number of carbonyl (C=O) groups excluding carboxylic acids is 1. The van der Waals surface area contributed by atoms with E-state index in [0.717, 1.165) is 6.42 Å². The Morgan fingerprint density at radius 1 is 1.45 bits per heavy atom. The van der Waals surface area contributed by atoms with Gasteiger partial charge in [0.15, 0.2) is 0 Å². The van der Waals surface area contributed by atoms with Crippen LogP contribution in [-0.2, 0) is 0 Å². The second-order valence-corrected chi connectivity index (χ2v) is 4.09. The number of alkyl halides is 4. The molecule has 1 heterocycles. The smallest absolute Gasteiger partial charge is 0.324 e. The summed E-state index contributed by atoms with van der Waals surface area (Å²) in [5.74, 6) is -5.13. The highest BCUT2D eigenvalue weighted by molar-refractivity contribution is 5.99. The molecule has 0 spiro atoms. The Bertz CT molecular complexity index is 454. The van der Waals surface area contributed by atoms with Crippen molar-refractivity contribution in [3.63, 3.8) is 0 Å². The van der Waals surface area contributed by atoms with Crippen LogP contribution >= 0.6 is 0 Å². The van der Waals surface area contributed by atoms with Gasteiger partial charge < -0.3 is 10.6 Å². The van der Waals surface area contributed by atoms with Gasteiger partial charge in [0.1, 0.15) is 0 Å². The molecule has 0 aliphatic rings. The number of nitrogens with one attached hydrogen (secondary N) is 2. The summed E-state index contributed by atoms with van der Waals surface area (Å²) in [6.07, 6.45) is -0.405. The van der Waals surface area contributed by atoms with Crippen molar-refractivity contribution in [1.29, 1.82) is 0 Å². The van der Waals surface area contributed by atoms with Crippen molar-refractivity contribution in [2.24, 2.45) is 0 Å². The third-order valence-corrected chi connectivity index (χ3v) is 2.44. The second kappa shape index (κ2) is 7.06. The van der Waals surface area contributed by atoms with E-state index in [2.05, 4.69) is 10.3 Å². The van der Waals surface area contributed by atoms with E-state index >= 15 is 0 Å².